The number of nitrogens with one attached hydrogen (secondary N) is 2. The average molecular weight is 385 g/mol. The third kappa shape index (κ3) is 4.29. The molecule has 0 unspecified atom stereocenters. The number of amides is 1. The van der Waals surface area contributed by atoms with Gasteiger partial charge in [-0.2, -0.15) is 0 Å². The molecule has 1 heterocycles. The van der Waals surface area contributed by atoms with E-state index in [1.54, 1.807) is 25.3 Å². The van der Waals surface area contributed by atoms with Crippen molar-refractivity contribution < 1.29 is 17.6 Å². The van der Waals surface area contributed by atoms with Gasteiger partial charge in [0.15, 0.2) is 0 Å². The first-order valence-electron chi connectivity index (χ1n) is 7.97. The molecular formula is C19H16FN3O3S. The third-order valence-corrected chi connectivity index (χ3v) is 5.13. The van der Waals surface area contributed by atoms with Crippen molar-refractivity contribution in [1.29, 1.82) is 0 Å². The number of hydrogen-bond acceptors (Lipinski definition) is 4. The highest BCUT2D eigenvalue weighted by Crippen LogP contribution is 2.20. The minimum Gasteiger partial charge on any atom is -0.306 e. The van der Waals surface area contributed by atoms with Crippen molar-refractivity contribution >= 4 is 27.4 Å². The van der Waals surface area contributed by atoms with Crippen molar-refractivity contribution in [2.24, 2.45) is 0 Å². The molecule has 0 bridgehead atoms. The highest BCUT2D eigenvalue weighted by Gasteiger charge is 2.18. The van der Waals surface area contributed by atoms with Crippen LogP contribution >= 0.6 is 0 Å². The number of anilines is 2. The number of carbonyl (C=O) groups excluding carboxylic acids is 1. The minimum atomic E-state index is -4.06. The first-order chi connectivity index (χ1) is 12.9. The molecule has 0 saturated heterocycles. The zero-order valence-corrected chi connectivity index (χ0v) is 15.1. The second kappa shape index (κ2) is 7.55. The lowest BCUT2D eigenvalue weighted by atomic mass is 10.2. The lowest BCUT2D eigenvalue weighted by Gasteiger charge is -2.11. The lowest BCUT2D eigenvalue weighted by Crippen LogP contribution is -2.17. The summed E-state index contributed by atoms with van der Waals surface area (Å²) in [4.78, 5) is 16.4. The summed E-state index contributed by atoms with van der Waals surface area (Å²) in [6, 6.07) is 14.4. The maximum atomic E-state index is 13.7. The fraction of sp³-hybridized carbons (Fsp3) is 0.0526. The predicted molar refractivity (Wildman–Crippen MR) is 101 cm³/mol. The summed E-state index contributed by atoms with van der Waals surface area (Å²) in [5, 5.41) is 2.64. The Morgan fingerprint density at radius 2 is 1.81 bits per heavy atom. The molecule has 6 nitrogen and oxygen atoms in total. The second-order valence-electron chi connectivity index (χ2n) is 5.74. The van der Waals surface area contributed by atoms with E-state index >= 15 is 0 Å². The maximum absolute atomic E-state index is 13.7. The first-order valence-corrected chi connectivity index (χ1v) is 9.45. The summed E-state index contributed by atoms with van der Waals surface area (Å²) in [6.07, 6.45) is 1.54. The summed E-state index contributed by atoms with van der Waals surface area (Å²) >= 11 is 0. The molecule has 2 aromatic carbocycles. The zero-order valence-electron chi connectivity index (χ0n) is 14.3. The molecule has 0 aliphatic carbocycles. The highest BCUT2D eigenvalue weighted by atomic mass is 32.2. The van der Waals surface area contributed by atoms with E-state index in [1.807, 2.05) is 0 Å². The average Bonchev–Trinajstić information content (AvgIpc) is 2.65. The first kappa shape index (κ1) is 18.5. The molecule has 0 atom stereocenters. The molecule has 8 heteroatoms. The van der Waals surface area contributed by atoms with Crippen LogP contribution in [0.1, 0.15) is 15.9 Å². The monoisotopic (exact) mass is 385 g/mol. The van der Waals surface area contributed by atoms with Crippen molar-refractivity contribution in [2.45, 2.75) is 11.8 Å². The number of rotatable bonds is 5. The van der Waals surface area contributed by atoms with Gasteiger partial charge >= 0.3 is 0 Å². The number of pyridine rings is 1. The second-order valence-corrected chi connectivity index (χ2v) is 7.42. The predicted octanol–water partition coefficient (Wildman–Crippen LogP) is 3.58. The van der Waals surface area contributed by atoms with Gasteiger partial charge in [0.05, 0.1) is 10.6 Å². The van der Waals surface area contributed by atoms with Gasteiger partial charge < -0.3 is 5.32 Å². The third-order valence-electron chi connectivity index (χ3n) is 3.77. The highest BCUT2D eigenvalue weighted by molar-refractivity contribution is 7.92. The van der Waals surface area contributed by atoms with Crippen LogP contribution in [0.15, 0.2) is 71.8 Å². The molecule has 1 amide bonds. The van der Waals surface area contributed by atoms with E-state index in [0.29, 0.717) is 5.82 Å². The molecule has 0 aliphatic rings. The van der Waals surface area contributed by atoms with Crippen LogP contribution in [0.25, 0.3) is 0 Å². The van der Waals surface area contributed by atoms with Crippen LogP contribution in [0.4, 0.5) is 15.9 Å². The Morgan fingerprint density at radius 1 is 1.04 bits per heavy atom. The van der Waals surface area contributed by atoms with Gasteiger partial charge in [0, 0.05) is 11.8 Å². The smallest absolute Gasteiger partial charge is 0.262 e. The van der Waals surface area contributed by atoms with Crippen LogP contribution < -0.4 is 10.0 Å². The molecule has 2 N–H and O–H groups in total. The van der Waals surface area contributed by atoms with E-state index in [-0.39, 0.29) is 16.1 Å². The fourth-order valence-corrected chi connectivity index (χ4v) is 3.46. The normalized spacial score (nSPS) is 11.0. The van der Waals surface area contributed by atoms with E-state index in [1.165, 1.54) is 42.5 Å². The van der Waals surface area contributed by atoms with Gasteiger partial charge in [-0.15, -0.1) is 0 Å². The molecule has 3 aromatic rings. The Balaban J connectivity index is 1.85. The van der Waals surface area contributed by atoms with Crippen LogP contribution in [-0.4, -0.2) is 19.3 Å². The molecule has 1 aromatic heterocycles. The Hall–Kier alpha value is -3.26. The summed E-state index contributed by atoms with van der Waals surface area (Å²) in [7, 11) is -4.06. The van der Waals surface area contributed by atoms with E-state index in [0.717, 1.165) is 11.6 Å². The number of halogens is 1. The van der Waals surface area contributed by atoms with Crippen molar-refractivity contribution in [1.82, 2.24) is 4.98 Å². The van der Waals surface area contributed by atoms with E-state index in [2.05, 4.69) is 15.0 Å². The molecule has 0 spiro atoms. The fourth-order valence-electron chi connectivity index (χ4n) is 2.35. The quantitative estimate of drug-likeness (QED) is 0.703. The summed E-state index contributed by atoms with van der Waals surface area (Å²) in [5.41, 5.74) is 0.740. The van der Waals surface area contributed by atoms with Gasteiger partial charge in [-0.3, -0.25) is 9.52 Å². The van der Waals surface area contributed by atoms with Crippen molar-refractivity contribution in [2.75, 3.05) is 10.0 Å². The van der Waals surface area contributed by atoms with Gasteiger partial charge in [-0.25, -0.2) is 17.8 Å². The number of benzene rings is 2. The van der Waals surface area contributed by atoms with Gasteiger partial charge in [0.1, 0.15) is 11.6 Å². The molecular weight excluding hydrogens is 369 g/mol. The van der Waals surface area contributed by atoms with Gasteiger partial charge in [-0.1, -0.05) is 24.3 Å². The number of sulfonamides is 1. The lowest BCUT2D eigenvalue weighted by molar-refractivity contribution is 0.102. The van der Waals surface area contributed by atoms with Crippen LogP contribution in [0.2, 0.25) is 0 Å². The Labute approximate surface area is 156 Å². The topological polar surface area (TPSA) is 88.2 Å². The molecule has 138 valence electrons. The van der Waals surface area contributed by atoms with Gasteiger partial charge in [0.2, 0.25) is 0 Å². The number of aromatic nitrogens is 1. The van der Waals surface area contributed by atoms with E-state index in [4.69, 9.17) is 0 Å². The summed E-state index contributed by atoms with van der Waals surface area (Å²) in [5.74, 6) is -0.805. The number of para-hydroxylation sites is 1. The largest absolute Gasteiger partial charge is 0.306 e. The molecule has 0 fully saturated rings. The number of aryl methyl sites for hydroxylation is 1. The zero-order chi connectivity index (χ0) is 19.4. The van der Waals surface area contributed by atoms with Crippen molar-refractivity contribution in [3.63, 3.8) is 0 Å². The molecule has 27 heavy (non-hydrogen) atoms. The maximum Gasteiger partial charge on any atom is 0.262 e. The van der Waals surface area contributed by atoms with Crippen molar-refractivity contribution in [3.05, 3.63) is 83.8 Å². The van der Waals surface area contributed by atoms with Crippen molar-refractivity contribution in [3.8, 4) is 0 Å². The molecule has 0 aliphatic heterocycles. The molecule has 0 radical (unpaired) electrons. The van der Waals surface area contributed by atoms with E-state index < -0.39 is 21.7 Å². The van der Waals surface area contributed by atoms with Crippen LogP contribution in [0.3, 0.4) is 0 Å². The molecule has 3 rings (SSSR count). The van der Waals surface area contributed by atoms with Crippen LogP contribution in [0.5, 0.6) is 0 Å². The van der Waals surface area contributed by atoms with E-state index in [9.17, 15) is 17.6 Å². The molecule has 0 saturated carbocycles. The van der Waals surface area contributed by atoms with Crippen LogP contribution in [-0.2, 0) is 10.0 Å². The number of hydrogen-bond donors (Lipinski definition) is 2. The standard InChI is InChI=1S/C19H16FN3O3S/c1-13-6-5-11-21-18(13)22-19(24)14-7-4-8-15(12-14)27(25,26)23-17-10-3-2-9-16(17)20/h2-12,23H,1H3,(H,21,22,24). The number of nitrogens with zero attached hydrogens (tertiary/aromatic N) is 1. The Morgan fingerprint density at radius 3 is 2.56 bits per heavy atom. The SMILES string of the molecule is Cc1cccnc1NC(=O)c1cccc(S(=O)(=O)Nc2ccccc2F)c1. The Bertz CT molecular complexity index is 1100. The Kier molecular flexibility index (Phi) is 5.18. The van der Waals surface area contributed by atoms with Gasteiger partial charge in [-0.05, 0) is 48.9 Å². The summed E-state index contributed by atoms with van der Waals surface area (Å²) < 4.78 is 40.9. The minimum absolute atomic E-state index is 0.136. The summed E-state index contributed by atoms with van der Waals surface area (Å²) in [6.45, 7) is 1.79. The van der Waals surface area contributed by atoms with Gasteiger partial charge in [0.25, 0.3) is 15.9 Å². The number of carbonyl (C=O) groups is 1. The van der Waals surface area contributed by atoms with Crippen LogP contribution in [0, 0.1) is 12.7 Å².